The highest BCUT2D eigenvalue weighted by Gasteiger charge is 2.36. The minimum atomic E-state index is -0.437. The van der Waals surface area contributed by atoms with E-state index < -0.39 is 5.97 Å². The molecular weight excluding hydrogens is 222 g/mol. The molecule has 1 N–H and O–H groups in total. The van der Waals surface area contributed by atoms with Gasteiger partial charge in [0.15, 0.2) is 0 Å². The largest absolute Gasteiger partial charge is 0.463 e. The molecule has 2 rings (SSSR count). The summed E-state index contributed by atoms with van der Waals surface area (Å²) in [5.41, 5.74) is 0.387. The van der Waals surface area contributed by atoms with E-state index in [2.05, 4.69) is 10.4 Å². The molecule has 0 saturated carbocycles. The predicted molar refractivity (Wildman–Crippen MR) is 61.3 cm³/mol. The first kappa shape index (κ1) is 11.6. The highest BCUT2D eigenvalue weighted by atomic mass is 16.5. The molecule has 2 aliphatic heterocycles. The number of hydrogen-bond donors (Lipinski definition) is 1. The molecule has 0 aromatic heterocycles. The first-order valence-corrected chi connectivity index (χ1v) is 5.56. The van der Waals surface area contributed by atoms with E-state index in [4.69, 9.17) is 4.74 Å². The smallest absolute Gasteiger partial charge is 0.334 e. The maximum Gasteiger partial charge on any atom is 0.334 e. The van der Waals surface area contributed by atoms with Gasteiger partial charge < -0.3 is 10.1 Å². The van der Waals surface area contributed by atoms with Crippen LogP contribution in [0, 0.1) is 5.92 Å². The van der Waals surface area contributed by atoms with Crippen molar-refractivity contribution in [3.05, 3.63) is 11.6 Å². The van der Waals surface area contributed by atoms with Gasteiger partial charge in [0.05, 0.1) is 30.7 Å². The van der Waals surface area contributed by atoms with Gasteiger partial charge in [-0.05, 0) is 6.92 Å². The summed E-state index contributed by atoms with van der Waals surface area (Å²) in [5, 5.41) is 8.69. The molecule has 6 nitrogen and oxygen atoms in total. The number of nitrogens with one attached hydrogen (secondary N) is 1. The molecule has 0 aromatic rings. The quantitative estimate of drug-likeness (QED) is 0.659. The fourth-order valence-electron chi connectivity index (χ4n) is 2.04. The Balaban J connectivity index is 2.26. The fourth-order valence-corrected chi connectivity index (χ4v) is 2.04. The Morgan fingerprint density at radius 1 is 1.71 bits per heavy atom. The normalized spacial score (nSPS) is 27.1. The Bertz CT molecular complexity index is 403. The summed E-state index contributed by atoms with van der Waals surface area (Å²) in [6, 6.07) is -0.116. The van der Waals surface area contributed by atoms with Crippen LogP contribution in [0.15, 0.2) is 16.8 Å². The molecule has 0 fully saturated rings. The summed E-state index contributed by atoms with van der Waals surface area (Å²) in [5.74, 6) is -0.880. The highest BCUT2D eigenvalue weighted by Crippen LogP contribution is 2.22. The van der Waals surface area contributed by atoms with E-state index in [1.165, 1.54) is 6.08 Å². The molecule has 17 heavy (non-hydrogen) atoms. The Labute approximate surface area is 99.3 Å². The van der Waals surface area contributed by atoms with Crippen molar-refractivity contribution in [3.63, 3.8) is 0 Å². The molecular formula is C11H15N3O3. The van der Waals surface area contributed by atoms with Gasteiger partial charge in [0.25, 0.3) is 0 Å². The Morgan fingerprint density at radius 2 is 2.47 bits per heavy atom. The van der Waals surface area contributed by atoms with E-state index >= 15 is 0 Å². The van der Waals surface area contributed by atoms with Crippen molar-refractivity contribution < 1.29 is 14.3 Å². The van der Waals surface area contributed by atoms with Crippen molar-refractivity contribution in [2.75, 3.05) is 20.2 Å². The van der Waals surface area contributed by atoms with Gasteiger partial charge in [0.1, 0.15) is 0 Å². The lowest BCUT2D eigenvalue weighted by molar-refractivity contribution is -0.139. The fraction of sp³-hybridized carbons (Fsp3) is 0.545. The standard InChI is InChI=1S/C11H15N3O3/c1-3-17-11(16)7-4-10(15)13-9-6-14(2)12-5-8(7)9/h4-5,8-9H,3,6H2,1-2H3,(H,13,15). The summed E-state index contributed by atoms with van der Waals surface area (Å²) in [6.45, 7) is 2.62. The minimum Gasteiger partial charge on any atom is -0.463 e. The van der Waals surface area contributed by atoms with Crippen molar-refractivity contribution in [2.24, 2.45) is 11.0 Å². The van der Waals surface area contributed by atoms with Crippen LogP contribution in [0.3, 0.4) is 0 Å². The monoisotopic (exact) mass is 237 g/mol. The minimum absolute atomic E-state index is 0.116. The van der Waals surface area contributed by atoms with Crippen LogP contribution in [0.2, 0.25) is 0 Å². The van der Waals surface area contributed by atoms with Crippen LogP contribution in [-0.4, -0.2) is 49.3 Å². The molecule has 2 atom stereocenters. The molecule has 1 amide bonds. The lowest BCUT2D eigenvalue weighted by atomic mass is 9.88. The molecule has 2 unspecified atom stereocenters. The molecule has 6 heteroatoms. The summed E-state index contributed by atoms with van der Waals surface area (Å²) >= 11 is 0. The second-order valence-electron chi connectivity index (χ2n) is 4.07. The SMILES string of the molecule is CCOC(=O)C1=CC(=O)NC2CN(C)N=CC12. The number of carbonyl (C=O) groups is 2. The third kappa shape index (κ3) is 2.30. The average Bonchev–Trinajstić information content (AvgIpc) is 2.27. The van der Waals surface area contributed by atoms with Crippen molar-refractivity contribution in [3.8, 4) is 0 Å². The number of ether oxygens (including phenoxy) is 1. The van der Waals surface area contributed by atoms with Gasteiger partial charge in [0.2, 0.25) is 5.91 Å². The molecule has 0 spiro atoms. The third-order valence-corrected chi connectivity index (χ3v) is 2.80. The van der Waals surface area contributed by atoms with Crippen molar-refractivity contribution in [1.29, 1.82) is 0 Å². The second-order valence-corrected chi connectivity index (χ2v) is 4.07. The number of esters is 1. The van der Waals surface area contributed by atoms with Gasteiger partial charge in [0, 0.05) is 19.3 Å². The Hall–Kier alpha value is -1.85. The van der Waals surface area contributed by atoms with Crippen LogP contribution >= 0.6 is 0 Å². The Kier molecular flexibility index (Phi) is 3.12. The lowest BCUT2D eigenvalue weighted by Crippen LogP contribution is -2.53. The molecule has 0 bridgehead atoms. The van der Waals surface area contributed by atoms with Gasteiger partial charge in [-0.2, -0.15) is 5.10 Å². The van der Waals surface area contributed by atoms with Gasteiger partial charge in [-0.15, -0.1) is 0 Å². The number of rotatable bonds is 2. The van der Waals surface area contributed by atoms with Gasteiger partial charge >= 0.3 is 5.97 Å². The van der Waals surface area contributed by atoms with Crippen molar-refractivity contribution in [1.82, 2.24) is 10.3 Å². The number of hydrazone groups is 1. The molecule has 2 aliphatic rings. The number of carbonyl (C=O) groups excluding carboxylic acids is 2. The summed E-state index contributed by atoms with van der Waals surface area (Å²) < 4.78 is 4.94. The van der Waals surface area contributed by atoms with Gasteiger partial charge in [-0.1, -0.05) is 0 Å². The summed E-state index contributed by atoms with van der Waals surface area (Å²) in [4.78, 5) is 23.2. The molecule has 0 aliphatic carbocycles. The highest BCUT2D eigenvalue weighted by molar-refractivity contribution is 6.03. The average molecular weight is 237 g/mol. The third-order valence-electron chi connectivity index (χ3n) is 2.80. The predicted octanol–water partition coefficient (Wildman–Crippen LogP) is -0.478. The summed E-state index contributed by atoms with van der Waals surface area (Å²) in [7, 11) is 1.82. The van der Waals surface area contributed by atoms with Crippen molar-refractivity contribution >= 4 is 18.1 Å². The number of nitrogens with zero attached hydrogens (tertiary/aromatic N) is 2. The van der Waals surface area contributed by atoms with Crippen LogP contribution < -0.4 is 5.32 Å². The second kappa shape index (κ2) is 4.57. The zero-order chi connectivity index (χ0) is 12.4. The van der Waals surface area contributed by atoms with Gasteiger partial charge in [-0.3, -0.25) is 9.80 Å². The zero-order valence-electron chi connectivity index (χ0n) is 9.84. The van der Waals surface area contributed by atoms with Gasteiger partial charge in [-0.25, -0.2) is 4.79 Å². The van der Waals surface area contributed by atoms with Crippen LogP contribution in [0.5, 0.6) is 0 Å². The maximum absolute atomic E-state index is 11.7. The van der Waals surface area contributed by atoms with E-state index in [-0.39, 0.29) is 17.9 Å². The van der Waals surface area contributed by atoms with E-state index in [0.29, 0.717) is 18.7 Å². The number of fused-ring (bicyclic) bond motifs is 1. The number of hydrogen-bond acceptors (Lipinski definition) is 5. The molecule has 0 saturated heterocycles. The van der Waals surface area contributed by atoms with Crippen LogP contribution in [0.4, 0.5) is 0 Å². The van der Waals surface area contributed by atoms with Crippen LogP contribution in [-0.2, 0) is 14.3 Å². The van der Waals surface area contributed by atoms with Crippen molar-refractivity contribution in [2.45, 2.75) is 13.0 Å². The number of likely N-dealkylation sites (N-methyl/N-ethyl adjacent to an activating group) is 1. The van der Waals surface area contributed by atoms with E-state index in [9.17, 15) is 9.59 Å². The maximum atomic E-state index is 11.7. The Morgan fingerprint density at radius 3 is 3.18 bits per heavy atom. The molecule has 0 radical (unpaired) electrons. The first-order valence-electron chi connectivity index (χ1n) is 5.56. The lowest BCUT2D eigenvalue weighted by Gasteiger charge is -2.35. The van der Waals surface area contributed by atoms with E-state index in [0.717, 1.165) is 0 Å². The zero-order valence-corrected chi connectivity index (χ0v) is 9.84. The van der Waals surface area contributed by atoms with Crippen LogP contribution in [0.1, 0.15) is 6.92 Å². The summed E-state index contributed by atoms with van der Waals surface area (Å²) in [6.07, 6.45) is 2.98. The van der Waals surface area contributed by atoms with E-state index in [1.807, 2.05) is 7.05 Å². The molecule has 2 heterocycles. The first-order chi connectivity index (χ1) is 8.11. The molecule has 0 aromatic carbocycles. The number of amides is 1. The van der Waals surface area contributed by atoms with Crippen LogP contribution in [0.25, 0.3) is 0 Å². The van der Waals surface area contributed by atoms with E-state index in [1.54, 1.807) is 18.1 Å². The topological polar surface area (TPSA) is 71.0 Å². The molecule has 92 valence electrons.